The zero-order valence-corrected chi connectivity index (χ0v) is 12.8. The number of benzene rings is 1. The first-order chi connectivity index (χ1) is 10.0. The molecule has 110 valence electrons. The van der Waals surface area contributed by atoms with E-state index < -0.39 is 5.97 Å². The third-order valence-corrected chi connectivity index (χ3v) is 3.72. The van der Waals surface area contributed by atoms with Gasteiger partial charge in [0.05, 0.1) is 22.8 Å². The molecule has 0 bridgehead atoms. The molecule has 0 unspecified atom stereocenters. The number of carboxylic acids is 1. The lowest BCUT2D eigenvalue weighted by atomic mass is 10.1. The molecule has 0 amide bonds. The van der Waals surface area contributed by atoms with E-state index in [-0.39, 0.29) is 12.5 Å². The van der Waals surface area contributed by atoms with Gasteiger partial charge in [-0.05, 0) is 22.0 Å². The Labute approximate surface area is 128 Å². The second-order valence-electron chi connectivity index (χ2n) is 4.34. The highest BCUT2D eigenvalue weighted by Gasteiger charge is 2.28. The van der Waals surface area contributed by atoms with Crippen LogP contribution in [0.25, 0.3) is 11.3 Å². The third-order valence-electron chi connectivity index (χ3n) is 3.13. The van der Waals surface area contributed by atoms with Crippen molar-refractivity contribution < 1.29 is 24.1 Å². The Bertz CT molecular complexity index is 737. The number of aryl methyl sites for hydroxylation is 1. The van der Waals surface area contributed by atoms with Crippen molar-refractivity contribution in [3.05, 3.63) is 22.3 Å². The highest BCUT2D eigenvalue weighted by Crippen LogP contribution is 2.50. The lowest BCUT2D eigenvalue weighted by molar-refractivity contribution is 0.0689. The quantitative estimate of drug-likeness (QED) is 0.910. The second kappa shape index (κ2) is 4.96. The summed E-state index contributed by atoms with van der Waals surface area (Å²) in [4.78, 5) is 11.1. The van der Waals surface area contributed by atoms with Crippen LogP contribution in [0.3, 0.4) is 0 Å². The van der Waals surface area contributed by atoms with Crippen LogP contribution < -0.4 is 14.2 Å². The van der Waals surface area contributed by atoms with E-state index in [2.05, 4.69) is 21.0 Å². The molecular weight excluding hydrogens is 344 g/mol. The van der Waals surface area contributed by atoms with Crippen LogP contribution in [-0.2, 0) is 7.05 Å². The second-order valence-corrected chi connectivity index (χ2v) is 5.20. The molecule has 1 N–H and O–H groups in total. The number of halogens is 1. The van der Waals surface area contributed by atoms with Crippen molar-refractivity contribution in [1.29, 1.82) is 0 Å². The van der Waals surface area contributed by atoms with E-state index in [9.17, 15) is 4.79 Å². The van der Waals surface area contributed by atoms with Gasteiger partial charge in [0.15, 0.2) is 17.2 Å². The van der Waals surface area contributed by atoms with E-state index in [4.69, 9.17) is 19.3 Å². The van der Waals surface area contributed by atoms with Gasteiger partial charge in [-0.1, -0.05) is 0 Å². The number of hydrogen-bond acceptors (Lipinski definition) is 5. The smallest absolute Gasteiger partial charge is 0.356 e. The summed E-state index contributed by atoms with van der Waals surface area (Å²) in [5, 5.41) is 13.0. The van der Waals surface area contributed by atoms with Crippen molar-refractivity contribution in [2.45, 2.75) is 0 Å². The Hall–Kier alpha value is -2.22. The summed E-state index contributed by atoms with van der Waals surface area (Å²) in [6, 6.07) is 3.22. The monoisotopic (exact) mass is 354 g/mol. The molecule has 0 atom stereocenters. The van der Waals surface area contributed by atoms with Crippen LogP contribution >= 0.6 is 15.9 Å². The van der Waals surface area contributed by atoms with E-state index >= 15 is 0 Å². The Morgan fingerprint density at radius 2 is 2.24 bits per heavy atom. The maximum atomic E-state index is 11.1. The minimum atomic E-state index is -1.10. The Balaban J connectivity index is 2.29. The molecule has 3 rings (SSSR count). The molecule has 0 radical (unpaired) electrons. The Morgan fingerprint density at radius 1 is 1.48 bits per heavy atom. The molecule has 0 saturated carbocycles. The van der Waals surface area contributed by atoms with Gasteiger partial charge >= 0.3 is 5.97 Å². The average molecular weight is 355 g/mol. The van der Waals surface area contributed by atoms with Gasteiger partial charge < -0.3 is 19.3 Å². The van der Waals surface area contributed by atoms with Crippen LogP contribution in [0.4, 0.5) is 0 Å². The number of carbonyl (C=O) groups is 1. The van der Waals surface area contributed by atoms with Gasteiger partial charge in [-0.15, -0.1) is 0 Å². The van der Waals surface area contributed by atoms with Gasteiger partial charge in [-0.2, -0.15) is 5.10 Å². The number of aromatic carboxylic acids is 1. The van der Waals surface area contributed by atoms with Crippen molar-refractivity contribution >= 4 is 21.9 Å². The molecule has 0 aliphatic carbocycles. The maximum absolute atomic E-state index is 11.1. The zero-order valence-electron chi connectivity index (χ0n) is 11.2. The fraction of sp³-hybridized carbons (Fsp3) is 0.231. The third kappa shape index (κ3) is 2.11. The molecule has 0 saturated heterocycles. The van der Waals surface area contributed by atoms with Crippen molar-refractivity contribution in [3.8, 4) is 28.5 Å². The normalized spacial score (nSPS) is 12.5. The number of rotatable bonds is 3. The summed E-state index contributed by atoms with van der Waals surface area (Å²) >= 11 is 3.41. The van der Waals surface area contributed by atoms with Gasteiger partial charge in [0.25, 0.3) is 0 Å². The number of fused-ring (bicyclic) bond motifs is 1. The van der Waals surface area contributed by atoms with E-state index in [1.165, 1.54) is 17.9 Å². The number of methoxy groups -OCH3 is 1. The molecule has 2 heterocycles. The molecule has 0 fully saturated rings. The molecule has 0 spiro atoms. The van der Waals surface area contributed by atoms with Crippen LogP contribution in [-0.4, -0.2) is 34.8 Å². The minimum Gasteiger partial charge on any atom is -0.495 e. The predicted octanol–water partition coefficient (Wildman–Crippen LogP) is 2.29. The summed E-state index contributed by atoms with van der Waals surface area (Å²) in [7, 11) is 3.19. The fourth-order valence-electron chi connectivity index (χ4n) is 2.23. The standard InChI is InChI=1S/C13H11BrN2O5/c1-16-8(4-7(15-16)13(17)18)10-11(19-2)6(14)3-9-12(10)21-5-20-9/h3-4H,5H2,1-2H3,(H,17,18). The molecule has 1 aromatic heterocycles. The van der Waals surface area contributed by atoms with E-state index in [1.807, 2.05) is 0 Å². The highest BCUT2D eigenvalue weighted by molar-refractivity contribution is 9.10. The molecule has 1 aliphatic heterocycles. The molecule has 1 aliphatic rings. The minimum absolute atomic E-state index is 0.0535. The van der Waals surface area contributed by atoms with Gasteiger partial charge in [0.1, 0.15) is 5.75 Å². The van der Waals surface area contributed by atoms with E-state index in [0.29, 0.717) is 33.0 Å². The van der Waals surface area contributed by atoms with Gasteiger partial charge in [-0.3, -0.25) is 4.68 Å². The van der Waals surface area contributed by atoms with Crippen LogP contribution in [0.1, 0.15) is 10.5 Å². The van der Waals surface area contributed by atoms with E-state index in [1.54, 1.807) is 13.1 Å². The van der Waals surface area contributed by atoms with Crippen molar-refractivity contribution in [2.75, 3.05) is 13.9 Å². The highest BCUT2D eigenvalue weighted by atomic mass is 79.9. The summed E-state index contributed by atoms with van der Waals surface area (Å²) in [5.74, 6) is 0.504. The first-order valence-corrected chi connectivity index (χ1v) is 6.76. The Kier molecular flexibility index (Phi) is 3.25. The van der Waals surface area contributed by atoms with Crippen LogP contribution in [0, 0.1) is 0 Å². The first-order valence-electron chi connectivity index (χ1n) is 5.96. The Morgan fingerprint density at radius 3 is 2.86 bits per heavy atom. The number of aromatic nitrogens is 2. The average Bonchev–Trinajstić information content (AvgIpc) is 3.03. The lowest BCUT2D eigenvalue weighted by Crippen LogP contribution is -2.00. The maximum Gasteiger partial charge on any atom is 0.356 e. The molecule has 1 aromatic carbocycles. The summed E-state index contributed by atoms with van der Waals surface area (Å²) in [5.41, 5.74) is 1.11. The number of nitrogens with zero attached hydrogens (tertiary/aromatic N) is 2. The van der Waals surface area contributed by atoms with Crippen molar-refractivity contribution in [1.82, 2.24) is 9.78 Å². The van der Waals surface area contributed by atoms with Gasteiger partial charge in [-0.25, -0.2) is 4.79 Å². The van der Waals surface area contributed by atoms with Crippen LogP contribution in [0.2, 0.25) is 0 Å². The molecule has 7 nitrogen and oxygen atoms in total. The summed E-state index contributed by atoms with van der Waals surface area (Å²) in [6.07, 6.45) is 0. The molecule has 21 heavy (non-hydrogen) atoms. The number of carboxylic acid groups (broad SMARTS) is 1. The summed E-state index contributed by atoms with van der Waals surface area (Å²) < 4.78 is 18.4. The fourth-order valence-corrected chi connectivity index (χ4v) is 2.80. The van der Waals surface area contributed by atoms with Crippen LogP contribution in [0.15, 0.2) is 16.6 Å². The van der Waals surface area contributed by atoms with Crippen molar-refractivity contribution in [2.24, 2.45) is 7.05 Å². The largest absolute Gasteiger partial charge is 0.495 e. The van der Waals surface area contributed by atoms with Gasteiger partial charge in [0, 0.05) is 13.1 Å². The topological polar surface area (TPSA) is 82.8 Å². The van der Waals surface area contributed by atoms with Crippen LogP contribution in [0.5, 0.6) is 17.2 Å². The zero-order chi connectivity index (χ0) is 15.1. The van der Waals surface area contributed by atoms with E-state index in [0.717, 1.165) is 0 Å². The lowest BCUT2D eigenvalue weighted by Gasteiger charge is -2.13. The molecule has 2 aromatic rings. The van der Waals surface area contributed by atoms with Gasteiger partial charge in [0.2, 0.25) is 6.79 Å². The molecular formula is C13H11BrN2O5. The number of ether oxygens (including phenoxy) is 3. The predicted molar refractivity (Wildman–Crippen MR) is 76.0 cm³/mol. The SMILES string of the molecule is COc1c(Br)cc2c(c1-c1cc(C(=O)O)nn1C)OCO2. The molecule has 8 heteroatoms. The first kappa shape index (κ1) is 13.7. The number of hydrogen-bond donors (Lipinski definition) is 1. The summed E-state index contributed by atoms with van der Waals surface area (Å²) in [6.45, 7) is 0.103. The van der Waals surface area contributed by atoms with Crippen molar-refractivity contribution in [3.63, 3.8) is 0 Å².